The minimum absolute atomic E-state index is 0.0327. The van der Waals surface area contributed by atoms with E-state index in [0.717, 1.165) is 18.5 Å². The van der Waals surface area contributed by atoms with Gasteiger partial charge in [0.15, 0.2) is 10.7 Å². The lowest BCUT2D eigenvalue weighted by molar-refractivity contribution is 0.0761. The van der Waals surface area contributed by atoms with E-state index in [1.54, 1.807) is 29.2 Å². The fourth-order valence-electron chi connectivity index (χ4n) is 3.82. The maximum Gasteiger partial charge on any atom is 0.259 e. The average Bonchev–Trinajstić information content (AvgIpc) is 3.13. The van der Waals surface area contributed by atoms with Crippen LogP contribution in [0.4, 0.5) is 0 Å². The Bertz CT molecular complexity index is 1130. The normalized spacial score (nSPS) is 18.0. The largest absolute Gasteiger partial charge is 0.479 e. The Labute approximate surface area is 189 Å². The molecular weight excluding hydrogens is 439 g/mol. The highest BCUT2D eigenvalue weighted by molar-refractivity contribution is 6.34. The second-order valence-electron chi connectivity index (χ2n) is 7.26. The number of allylic oxidation sites excluding steroid dienone is 2. The number of ether oxygens (including phenoxy) is 1. The van der Waals surface area contributed by atoms with E-state index in [4.69, 9.17) is 27.9 Å². The summed E-state index contributed by atoms with van der Waals surface area (Å²) >= 11 is 12.4. The van der Waals surface area contributed by atoms with Gasteiger partial charge in [-0.05, 0) is 36.6 Å². The Morgan fingerprint density at radius 2 is 2.19 bits per heavy atom. The van der Waals surface area contributed by atoms with Crippen LogP contribution in [0.2, 0.25) is 10.4 Å². The third kappa shape index (κ3) is 4.22. The smallest absolute Gasteiger partial charge is 0.259 e. The van der Waals surface area contributed by atoms with Crippen molar-refractivity contribution in [3.63, 3.8) is 0 Å². The molecule has 4 rings (SSSR count). The van der Waals surface area contributed by atoms with E-state index in [9.17, 15) is 4.79 Å². The number of hydrogen-bond acceptors (Lipinski definition) is 6. The van der Waals surface area contributed by atoms with E-state index in [2.05, 4.69) is 33.1 Å². The molecule has 8 nitrogen and oxygen atoms in total. The average molecular weight is 461 g/mol. The number of nitrogens with zero attached hydrogens (tertiary/aromatic N) is 6. The molecule has 31 heavy (non-hydrogen) atoms. The second kappa shape index (κ2) is 9.20. The standard InChI is InChI=1S/C21H22Cl2N6O2/c1-3-4-7-14-11-15(8-10-28(14)20(30)13-6-5-9-24-12-13)29-17-16(18(22)27-29)25-21(23)26-19(17)31-2/h5-7,9,12,15H,3-4,8,10-11H2,1-2H3/b14-7+. The number of aromatic nitrogens is 5. The van der Waals surface area contributed by atoms with Crippen molar-refractivity contribution in [2.24, 2.45) is 0 Å². The van der Waals surface area contributed by atoms with Gasteiger partial charge >= 0.3 is 0 Å². The van der Waals surface area contributed by atoms with Crippen LogP contribution in [0, 0.1) is 0 Å². The lowest BCUT2D eigenvalue weighted by Gasteiger charge is -2.35. The van der Waals surface area contributed by atoms with Crippen LogP contribution in [0.25, 0.3) is 11.0 Å². The summed E-state index contributed by atoms with van der Waals surface area (Å²) in [5, 5.41) is 4.79. The van der Waals surface area contributed by atoms with Crippen molar-refractivity contribution in [2.75, 3.05) is 13.7 Å². The van der Waals surface area contributed by atoms with Gasteiger partial charge in [0.2, 0.25) is 11.2 Å². The van der Waals surface area contributed by atoms with Gasteiger partial charge in [0.05, 0.1) is 18.7 Å². The van der Waals surface area contributed by atoms with Crippen molar-refractivity contribution in [3.8, 4) is 5.88 Å². The van der Waals surface area contributed by atoms with Gasteiger partial charge in [-0.15, -0.1) is 0 Å². The number of carbonyl (C=O) groups excluding carboxylic acids is 1. The topological polar surface area (TPSA) is 86.0 Å². The van der Waals surface area contributed by atoms with E-state index >= 15 is 0 Å². The minimum Gasteiger partial charge on any atom is -0.479 e. The third-order valence-electron chi connectivity index (χ3n) is 5.28. The Morgan fingerprint density at radius 3 is 2.90 bits per heavy atom. The molecule has 1 aliphatic heterocycles. The molecule has 10 heteroatoms. The summed E-state index contributed by atoms with van der Waals surface area (Å²) in [5.41, 5.74) is 2.58. The number of halogens is 2. The van der Waals surface area contributed by atoms with Crippen molar-refractivity contribution in [3.05, 3.63) is 52.3 Å². The first-order valence-corrected chi connectivity index (χ1v) is 10.8. The summed E-state index contributed by atoms with van der Waals surface area (Å²) in [6.07, 6.45) is 8.54. The van der Waals surface area contributed by atoms with Crippen molar-refractivity contribution in [1.29, 1.82) is 0 Å². The summed E-state index contributed by atoms with van der Waals surface area (Å²) in [5.74, 6) is 0.271. The molecule has 3 aromatic rings. The molecule has 0 spiro atoms. The molecule has 0 aromatic carbocycles. The van der Waals surface area contributed by atoms with Gasteiger partial charge < -0.3 is 9.64 Å². The molecule has 0 aliphatic carbocycles. The zero-order valence-electron chi connectivity index (χ0n) is 17.3. The van der Waals surface area contributed by atoms with E-state index in [-0.39, 0.29) is 22.4 Å². The minimum atomic E-state index is -0.0510. The van der Waals surface area contributed by atoms with Crippen molar-refractivity contribution in [2.45, 2.75) is 38.6 Å². The Balaban J connectivity index is 1.69. The van der Waals surface area contributed by atoms with Crippen LogP contribution in [0.5, 0.6) is 5.88 Å². The predicted octanol–water partition coefficient (Wildman–Crippen LogP) is 4.70. The molecule has 1 saturated heterocycles. The first-order chi connectivity index (χ1) is 15.0. The maximum atomic E-state index is 13.1. The number of methoxy groups -OCH3 is 1. The molecule has 1 fully saturated rings. The van der Waals surface area contributed by atoms with E-state index < -0.39 is 0 Å². The van der Waals surface area contributed by atoms with Gasteiger partial charge in [0.25, 0.3) is 5.91 Å². The fourth-order valence-corrected chi connectivity index (χ4v) is 4.20. The highest BCUT2D eigenvalue weighted by Gasteiger charge is 2.31. The molecule has 0 N–H and O–H groups in total. The molecule has 1 atom stereocenters. The van der Waals surface area contributed by atoms with Crippen molar-refractivity contribution in [1.82, 2.24) is 29.6 Å². The Morgan fingerprint density at radius 1 is 1.35 bits per heavy atom. The molecule has 3 aromatic heterocycles. The highest BCUT2D eigenvalue weighted by Crippen LogP contribution is 2.37. The number of amides is 1. The van der Waals surface area contributed by atoms with Crippen molar-refractivity contribution >= 4 is 40.1 Å². The molecule has 0 saturated carbocycles. The zero-order chi connectivity index (χ0) is 22.0. The van der Waals surface area contributed by atoms with Gasteiger partial charge in [-0.25, -0.2) is 4.98 Å². The van der Waals surface area contributed by atoms with Crippen LogP contribution < -0.4 is 4.74 Å². The predicted molar refractivity (Wildman–Crippen MR) is 118 cm³/mol. The van der Waals surface area contributed by atoms with Crippen LogP contribution in [0.15, 0.2) is 36.3 Å². The zero-order valence-corrected chi connectivity index (χ0v) is 18.8. The number of rotatable bonds is 5. The Kier molecular flexibility index (Phi) is 6.38. The van der Waals surface area contributed by atoms with Crippen LogP contribution >= 0.6 is 23.2 Å². The number of carbonyl (C=O) groups is 1. The number of pyridine rings is 1. The molecule has 1 unspecified atom stereocenters. The van der Waals surface area contributed by atoms with E-state index in [1.165, 1.54) is 7.11 Å². The quantitative estimate of drug-likeness (QED) is 0.512. The molecule has 4 heterocycles. The second-order valence-corrected chi connectivity index (χ2v) is 7.96. The lowest BCUT2D eigenvalue weighted by Crippen LogP contribution is -2.37. The molecule has 1 amide bonds. The van der Waals surface area contributed by atoms with Crippen LogP contribution in [-0.4, -0.2) is 49.2 Å². The molecular formula is C21H22Cl2N6O2. The van der Waals surface area contributed by atoms with E-state index in [0.29, 0.717) is 41.9 Å². The molecule has 162 valence electrons. The summed E-state index contributed by atoms with van der Waals surface area (Å²) in [7, 11) is 1.52. The van der Waals surface area contributed by atoms with E-state index in [1.807, 2.05) is 4.90 Å². The molecule has 1 aliphatic rings. The molecule has 0 bridgehead atoms. The van der Waals surface area contributed by atoms with Gasteiger partial charge in [-0.2, -0.15) is 10.1 Å². The number of unbranched alkanes of at least 4 members (excludes halogenated alkanes) is 1. The lowest BCUT2D eigenvalue weighted by atomic mass is 9.99. The summed E-state index contributed by atoms with van der Waals surface area (Å²) in [6.45, 7) is 2.65. The van der Waals surface area contributed by atoms with Crippen LogP contribution in [-0.2, 0) is 0 Å². The number of piperidine rings is 1. The summed E-state index contributed by atoms with van der Waals surface area (Å²) in [4.78, 5) is 27.4. The molecule has 0 radical (unpaired) electrons. The summed E-state index contributed by atoms with van der Waals surface area (Å²) in [6, 6.07) is 3.52. The van der Waals surface area contributed by atoms with Crippen LogP contribution in [0.1, 0.15) is 49.0 Å². The van der Waals surface area contributed by atoms with Gasteiger partial charge in [0.1, 0.15) is 5.52 Å². The first kappa shape index (κ1) is 21.5. The monoisotopic (exact) mass is 460 g/mol. The van der Waals surface area contributed by atoms with Crippen molar-refractivity contribution < 1.29 is 9.53 Å². The SMILES string of the molecule is CCC/C=C1\CC(n2nc(Cl)c3nc(Cl)nc(OC)c32)CCN1C(=O)c1cccnc1. The maximum absolute atomic E-state index is 13.1. The summed E-state index contributed by atoms with van der Waals surface area (Å²) < 4.78 is 7.22. The number of likely N-dealkylation sites (tertiary alicyclic amines) is 1. The fraction of sp³-hybridized carbons (Fsp3) is 0.381. The third-order valence-corrected chi connectivity index (χ3v) is 5.71. The van der Waals surface area contributed by atoms with Crippen LogP contribution in [0.3, 0.4) is 0 Å². The highest BCUT2D eigenvalue weighted by atomic mass is 35.5. The number of hydrogen-bond donors (Lipinski definition) is 0. The van der Waals surface area contributed by atoms with Gasteiger partial charge in [-0.3, -0.25) is 14.5 Å². The Hall–Kier alpha value is -2.71. The van der Waals surface area contributed by atoms with Gasteiger partial charge in [0, 0.05) is 31.1 Å². The first-order valence-electron chi connectivity index (χ1n) is 10.1. The number of fused-ring (bicyclic) bond motifs is 1. The van der Waals surface area contributed by atoms with Gasteiger partial charge in [-0.1, -0.05) is 31.0 Å².